The molecule has 0 saturated carbocycles. The molecule has 36 heavy (non-hydrogen) atoms. The zero-order valence-corrected chi connectivity index (χ0v) is 19.1. The van der Waals surface area contributed by atoms with Crippen LogP contribution in [0.3, 0.4) is 0 Å². The van der Waals surface area contributed by atoms with Crippen molar-refractivity contribution in [3.63, 3.8) is 0 Å². The van der Waals surface area contributed by atoms with Crippen LogP contribution in [-0.2, 0) is 11.3 Å². The Balaban J connectivity index is 0.000000384. The lowest BCUT2D eigenvalue weighted by atomic mass is 9.96. The summed E-state index contributed by atoms with van der Waals surface area (Å²) in [6.45, 7) is 2.93. The fourth-order valence-corrected chi connectivity index (χ4v) is 3.98. The van der Waals surface area contributed by atoms with Crippen molar-refractivity contribution in [3.05, 3.63) is 84.3 Å². The van der Waals surface area contributed by atoms with E-state index in [1.807, 2.05) is 47.2 Å². The number of nitrogens with zero attached hydrogens (tertiary/aromatic N) is 5. The molecule has 1 saturated heterocycles. The zero-order valence-electron chi connectivity index (χ0n) is 19.1. The number of aromatic nitrogens is 4. The Labute approximate surface area is 204 Å². The predicted octanol–water partition coefficient (Wildman–Crippen LogP) is 4.94. The van der Waals surface area contributed by atoms with E-state index in [1.165, 1.54) is 12.1 Å². The Morgan fingerprint density at radius 3 is 2.42 bits per heavy atom. The minimum Gasteiger partial charge on any atom is -0.475 e. The van der Waals surface area contributed by atoms with Crippen LogP contribution in [0.1, 0.15) is 30.3 Å². The van der Waals surface area contributed by atoms with Crippen molar-refractivity contribution in [2.75, 3.05) is 13.1 Å². The van der Waals surface area contributed by atoms with Crippen LogP contribution < -0.4 is 0 Å². The minimum atomic E-state index is -5.08. The first-order valence-corrected chi connectivity index (χ1v) is 11.2. The van der Waals surface area contributed by atoms with Gasteiger partial charge in [0.2, 0.25) is 0 Å². The molecule has 0 radical (unpaired) electrons. The van der Waals surface area contributed by atoms with Gasteiger partial charge in [-0.1, -0.05) is 18.2 Å². The maximum absolute atomic E-state index is 13.5. The number of carboxylic acids is 1. The van der Waals surface area contributed by atoms with Gasteiger partial charge >= 0.3 is 12.1 Å². The summed E-state index contributed by atoms with van der Waals surface area (Å²) in [6, 6.07) is 16.6. The SMILES string of the molecule is Fc1cccc(-c2ccc3nc(C4CCN(Cc5ccccn5)CC4)nn3c2)c1.O=C(O)C(F)(F)F. The first-order chi connectivity index (χ1) is 17.2. The molecule has 0 spiro atoms. The number of likely N-dealkylation sites (tertiary alicyclic amines) is 1. The molecule has 0 unspecified atom stereocenters. The molecule has 1 fully saturated rings. The van der Waals surface area contributed by atoms with Gasteiger partial charge in [0.15, 0.2) is 11.5 Å². The molecule has 1 N–H and O–H groups in total. The summed E-state index contributed by atoms with van der Waals surface area (Å²) >= 11 is 0. The molecule has 4 aromatic rings. The fourth-order valence-electron chi connectivity index (χ4n) is 3.98. The average Bonchev–Trinajstić information content (AvgIpc) is 3.28. The molecule has 0 bridgehead atoms. The van der Waals surface area contributed by atoms with Crippen molar-refractivity contribution in [2.45, 2.75) is 31.5 Å². The maximum Gasteiger partial charge on any atom is 0.490 e. The Morgan fingerprint density at radius 2 is 1.78 bits per heavy atom. The van der Waals surface area contributed by atoms with E-state index >= 15 is 0 Å². The third-order valence-electron chi connectivity index (χ3n) is 5.81. The molecule has 0 aliphatic carbocycles. The number of fused-ring (bicyclic) bond motifs is 1. The fraction of sp³-hybridized carbons (Fsp3) is 0.280. The molecule has 7 nitrogen and oxygen atoms in total. The first kappa shape index (κ1) is 25.2. The topological polar surface area (TPSA) is 83.6 Å². The molecule has 0 amide bonds. The van der Waals surface area contributed by atoms with Gasteiger partial charge in [0, 0.05) is 30.4 Å². The summed E-state index contributed by atoms with van der Waals surface area (Å²) in [5.41, 5.74) is 3.71. The Morgan fingerprint density at radius 1 is 1.03 bits per heavy atom. The largest absolute Gasteiger partial charge is 0.490 e. The van der Waals surface area contributed by atoms with Crippen molar-refractivity contribution in [1.82, 2.24) is 24.5 Å². The molecule has 188 valence electrons. The molecular formula is C25H23F4N5O2. The molecule has 1 aromatic carbocycles. The molecule has 1 aliphatic rings. The quantitative estimate of drug-likeness (QED) is 0.399. The molecular weight excluding hydrogens is 478 g/mol. The minimum absolute atomic E-state index is 0.237. The molecule has 4 heterocycles. The molecule has 3 aromatic heterocycles. The number of carboxylic acid groups (broad SMARTS) is 1. The number of halogens is 4. The van der Waals surface area contributed by atoms with E-state index in [2.05, 4.69) is 16.0 Å². The van der Waals surface area contributed by atoms with Crippen LogP contribution in [0.15, 0.2) is 67.0 Å². The second kappa shape index (κ2) is 10.8. The Hall–Kier alpha value is -3.86. The first-order valence-electron chi connectivity index (χ1n) is 11.2. The number of benzene rings is 1. The molecule has 11 heteroatoms. The predicted molar refractivity (Wildman–Crippen MR) is 124 cm³/mol. The summed E-state index contributed by atoms with van der Waals surface area (Å²) in [7, 11) is 0. The molecule has 0 atom stereocenters. The number of pyridine rings is 2. The number of carbonyl (C=O) groups is 1. The highest BCUT2D eigenvalue weighted by molar-refractivity contribution is 5.73. The van der Waals surface area contributed by atoms with Gasteiger partial charge in [0.05, 0.1) is 5.69 Å². The normalized spacial score (nSPS) is 14.9. The van der Waals surface area contributed by atoms with Gasteiger partial charge < -0.3 is 5.11 Å². The summed E-state index contributed by atoms with van der Waals surface area (Å²) in [4.78, 5) is 20.5. The molecule has 5 rings (SSSR count). The Kier molecular flexibility index (Phi) is 7.58. The van der Waals surface area contributed by atoms with Crippen LogP contribution in [0.25, 0.3) is 16.8 Å². The summed E-state index contributed by atoms with van der Waals surface area (Å²) in [6.07, 6.45) is 0.776. The highest BCUT2D eigenvalue weighted by Crippen LogP contribution is 2.27. The van der Waals surface area contributed by atoms with Crippen molar-refractivity contribution in [1.29, 1.82) is 0 Å². The number of piperidine rings is 1. The van der Waals surface area contributed by atoms with Crippen molar-refractivity contribution in [3.8, 4) is 11.1 Å². The smallest absolute Gasteiger partial charge is 0.475 e. The average molecular weight is 501 g/mol. The number of aliphatic carboxylic acids is 1. The van der Waals surface area contributed by atoms with E-state index in [0.29, 0.717) is 5.92 Å². The lowest BCUT2D eigenvalue weighted by Gasteiger charge is -2.30. The third-order valence-corrected chi connectivity index (χ3v) is 5.81. The van der Waals surface area contributed by atoms with Gasteiger partial charge in [0.1, 0.15) is 5.82 Å². The maximum atomic E-state index is 13.5. The van der Waals surface area contributed by atoms with E-state index in [9.17, 15) is 17.6 Å². The number of hydrogen-bond donors (Lipinski definition) is 1. The van der Waals surface area contributed by atoms with Gasteiger partial charge in [-0.05, 0) is 67.9 Å². The van der Waals surface area contributed by atoms with Gasteiger partial charge in [0.25, 0.3) is 0 Å². The monoisotopic (exact) mass is 501 g/mol. The molecule has 1 aliphatic heterocycles. The van der Waals surface area contributed by atoms with Gasteiger partial charge in [-0.2, -0.15) is 18.3 Å². The number of alkyl halides is 3. The van der Waals surface area contributed by atoms with Crippen LogP contribution >= 0.6 is 0 Å². The second-order valence-electron chi connectivity index (χ2n) is 8.38. The summed E-state index contributed by atoms with van der Waals surface area (Å²) in [5, 5.41) is 11.9. The standard InChI is InChI=1S/C23H22FN5.C2HF3O2/c24-20-5-3-4-18(14-20)19-7-8-22-26-23(27-29(22)15-19)17-9-12-28(13-10-17)16-21-6-1-2-11-25-21;3-2(4,5)1(6)7/h1-8,11,14-15,17H,9-10,12-13,16H2;(H,6,7). The van der Waals surface area contributed by atoms with E-state index in [1.54, 1.807) is 6.07 Å². The Bertz CT molecular complexity index is 1320. The van der Waals surface area contributed by atoms with E-state index in [-0.39, 0.29) is 5.82 Å². The highest BCUT2D eigenvalue weighted by Gasteiger charge is 2.38. The zero-order chi connectivity index (χ0) is 25.7. The van der Waals surface area contributed by atoms with Crippen LogP contribution in [0, 0.1) is 5.82 Å². The summed E-state index contributed by atoms with van der Waals surface area (Å²) < 4.78 is 47.1. The highest BCUT2D eigenvalue weighted by atomic mass is 19.4. The van der Waals surface area contributed by atoms with Crippen LogP contribution in [-0.4, -0.2) is 54.8 Å². The van der Waals surface area contributed by atoms with Gasteiger partial charge in [-0.3, -0.25) is 9.88 Å². The van der Waals surface area contributed by atoms with E-state index in [4.69, 9.17) is 20.0 Å². The second-order valence-corrected chi connectivity index (χ2v) is 8.38. The van der Waals surface area contributed by atoms with Crippen LogP contribution in [0.5, 0.6) is 0 Å². The van der Waals surface area contributed by atoms with Crippen molar-refractivity contribution >= 4 is 11.6 Å². The number of hydrogen-bond acceptors (Lipinski definition) is 5. The summed E-state index contributed by atoms with van der Waals surface area (Å²) in [5.74, 6) is -1.72. The van der Waals surface area contributed by atoms with E-state index < -0.39 is 12.1 Å². The van der Waals surface area contributed by atoms with Crippen molar-refractivity contribution in [2.24, 2.45) is 0 Å². The van der Waals surface area contributed by atoms with Gasteiger partial charge in [-0.15, -0.1) is 0 Å². The van der Waals surface area contributed by atoms with Crippen molar-refractivity contribution < 1.29 is 27.5 Å². The lowest BCUT2D eigenvalue weighted by Crippen LogP contribution is -2.33. The van der Waals surface area contributed by atoms with E-state index in [0.717, 1.165) is 60.8 Å². The van der Waals surface area contributed by atoms with Gasteiger partial charge in [-0.25, -0.2) is 18.7 Å². The third kappa shape index (κ3) is 6.42. The van der Waals surface area contributed by atoms with Crippen LogP contribution in [0.2, 0.25) is 0 Å². The van der Waals surface area contributed by atoms with Crippen LogP contribution in [0.4, 0.5) is 17.6 Å². The lowest BCUT2D eigenvalue weighted by molar-refractivity contribution is -0.192. The number of rotatable bonds is 4.